The Morgan fingerprint density at radius 1 is 0.880 bits per heavy atom. The van der Waals surface area contributed by atoms with Crippen LogP contribution in [0.5, 0.6) is 0 Å². The van der Waals surface area contributed by atoms with Crippen LogP contribution in [0.25, 0.3) is 0 Å². The topological polar surface area (TPSA) is 89.6 Å². The number of hydrogen-bond acceptors (Lipinski definition) is 5. The van der Waals surface area contributed by atoms with Crippen LogP contribution in [0.3, 0.4) is 0 Å². The maximum atomic E-state index is 11.6. The molecule has 0 radical (unpaired) electrons. The predicted octanol–water partition coefficient (Wildman–Crippen LogP) is 5.07. The van der Waals surface area contributed by atoms with Crippen LogP contribution in [0.4, 0.5) is 0 Å². The molecule has 0 amide bonds. The highest BCUT2D eigenvalue weighted by Gasteiger charge is 2.26. The third kappa shape index (κ3) is 16.7. The smallest absolute Gasteiger partial charge is 0.394 e. The van der Waals surface area contributed by atoms with Gasteiger partial charge < -0.3 is 10.8 Å². The van der Waals surface area contributed by atoms with Crippen molar-refractivity contribution in [1.29, 1.82) is 0 Å². The minimum Gasteiger partial charge on any atom is -0.394 e. The van der Waals surface area contributed by atoms with E-state index in [4.69, 9.17) is 15.4 Å². The van der Waals surface area contributed by atoms with Gasteiger partial charge in [-0.15, -0.1) is 0 Å². The van der Waals surface area contributed by atoms with Crippen LogP contribution in [0, 0.1) is 0 Å². The molecule has 5 nitrogen and oxygen atoms in total. The molecule has 0 aromatic rings. The summed E-state index contributed by atoms with van der Waals surface area (Å²) in [6, 6.07) is -1.09. The normalized spacial score (nSPS) is 12.8. The zero-order valence-corrected chi connectivity index (χ0v) is 17.0. The number of rotatable bonds is 18. The number of carbonyl (C=O) groups is 1. The number of hydrogen-bond donors (Lipinski definition) is 2. The molecule has 1 unspecified atom stereocenters. The Bertz CT molecular complexity index is 339. The lowest BCUT2D eigenvalue weighted by Crippen LogP contribution is -2.34. The quantitative estimate of drug-likeness (QED) is 0.257. The van der Waals surface area contributed by atoms with E-state index in [-0.39, 0.29) is 0 Å². The summed E-state index contributed by atoms with van der Waals surface area (Å²) >= 11 is 0. The van der Waals surface area contributed by atoms with E-state index in [1.54, 1.807) is 0 Å². The van der Waals surface area contributed by atoms with E-state index in [1.165, 1.54) is 70.6 Å². The average Bonchev–Trinajstić information content (AvgIpc) is 2.61. The van der Waals surface area contributed by atoms with Gasteiger partial charge in [0, 0.05) is 0 Å². The van der Waals surface area contributed by atoms with Gasteiger partial charge in [0.15, 0.2) is 6.16 Å². The first-order valence-electron chi connectivity index (χ1n) is 10.1. The molecule has 0 heterocycles. The number of unbranched alkanes of at least 4 members (excludes halogenated alkanes) is 13. The van der Waals surface area contributed by atoms with Crippen LogP contribution in [-0.2, 0) is 13.9 Å². The monoisotopic (exact) mass is 376 g/mol. The van der Waals surface area contributed by atoms with E-state index < -0.39 is 26.6 Å². The molecule has 2 atom stereocenters. The molecule has 0 aromatic carbocycles. The van der Waals surface area contributed by atoms with Crippen LogP contribution in [0.15, 0.2) is 0 Å². The van der Waals surface area contributed by atoms with Crippen molar-refractivity contribution in [2.75, 3.05) is 12.8 Å². The molecule has 0 saturated heterocycles. The second-order valence-electron chi connectivity index (χ2n) is 6.85. The zero-order chi connectivity index (χ0) is 18.8. The van der Waals surface area contributed by atoms with Crippen molar-refractivity contribution in [2.45, 2.75) is 103 Å². The Labute approximate surface area is 155 Å². The molecule has 6 heteroatoms. The first-order valence-corrected chi connectivity index (χ1v) is 11.5. The summed E-state index contributed by atoms with van der Waals surface area (Å²) in [6.07, 6.45) is 18.2. The minimum atomic E-state index is -1.99. The van der Waals surface area contributed by atoms with Crippen LogP contribution >= 0.6 is 8.03 Å². The van der Waals surface area contributed by atoms with Crippen molar-refractivity contribution in [1.82, 2.24) is 0 Å². The van der Waals surface area contributed by atoms with Gasteiger partial charge in [0.05, 0.1) is 6.61 Å². The molecular formula is C19H39NO4P+. The molecule has 0 fully saturated rings. The van der Waals surface area contributed by atoms with Crippen molar-refractivity contribution in [3.63, 3.8) is 0 Å². The minimum absolute atomic E-state index is 0.386. The molecule has 0 aliphatic carbocycles. The summed E-state index contributed by atoms with van der Waals surface area (Å²) in [5, 5.41) is 8.71. The predicted molar refractivity (Wildman–Crippen MR) is 104 cm³/mol. The van der Waals surface area contributed by atoms with Crippen molar-refractivity contribution < 1.29 is 19.0 Å². The molecule has 0 rings (SSSR count). The lowest BCUT2D eigenvalue weighted by Gasteiger charge is -2.02. The third-order valence-corrected chi connectivity index (χ3v) is 5.45. The molecule has 148 valence electrons. The van der Waals surface area contributed by atoms with Gasteiger partial charge in [-0.1, -0.05) is 84.0 Å². The maximum absolute atomic E-state index is 11.6. The summed E-state index contributed by atoms with van der Waals surface area (Å²) in [5.41, 5.74) is 5.29. The van der Waals surface area contributed by atoms with E-state index in [1.807, 2.05) is 0 Å². The highest BCUT2D eigenvalue weighted by Crippen LogP contribution is 2.25. The van der Waals surface area contributed by atoms with Gasteiger partial charge in [0.1, 0.15) is 6.04 Å². The number of carbonyl (C=O) groups excluding carboxylic acids is 1. The Kier molecular flexibility index (Phi) is 17.9. The largest absolute Gasteiger partial charge is 0.559 e. The average molecular weight is 376 g/mol. The Morgan fingerprint density at radius 2 is 1.28 bits per heavy atom. The van der Waals surface area contributed by atoms with Crippen LogP contribution in [-0.4, -0.2) is 29.9 Å². The fraction of sp³-hybridized carbons (Fsp3) is 0.947. The summed E-state index contributed by atoms with van der Waals surface area (Å²) < 4.78 is 16.3. The summed E-state index contributed by atoms with van der Waals surface area (Å²) in [5.74, 6) is -0.783. The first kappa shape index (κ1) is 24.5. The summed E-state index contributed by atoms with van der Waals surface area (Å²) in [4.78, 5) is 11.2. The van der Waals surface area contributed by atoms with Crippen molar-refractivity contribution in [2.24, 2.45) is 5.73 Å². The van der Waals surface area contributed by atoms with Crippen LogP contribution in [0.2, 0.25) is 0 Å². The van der Waals surface area contributed by atoms with Gasteiger partial charge in [0.25, 0.3) is 0 Å². The molecule has 25 heavy (non-hydrogen) atoms. The Balaban J connectivity index is 3.26. The molecule has 0 aliphatic heterocycles. The fourth-order valence-corrected chi connectivity index (χ4v) is 3.63. The lowest BCUT2D eigenvalue weighted by atomic mass is 10.0. The standard InChI is InChI=1S/C19H39NO4P/c1-2-3-4-5-6-7-8-9-10-11-12-13-14-15-16-25(23)24-19(22)18(20)17-21/h18,21H,2-17,20H2,1H3/q+1/t18-/m0/s1. The molecule has 0 bridgehead atoms. The van der Waals surface area contributed by atoms with Crippen molar-refractivity contribution in [3.05, 3.63) is 0 Å². The van der Waals surface area contributed by atoms with Crippen molar-refractivity contribution in [3.8, 4) is 0 Å². The Morgan fingerprint density at radius 3 is 1.68 bits per heavy atom. The summed E-state index contributed by atoms with van der Waals surface area (Å²) in [7, 11) is -1.99. The molecule has 3 N–H and O–H groups in total. The fourth-order valence-electron chi connectivity index (χ4n) is 2.72. The second kappa shape index (κ2) is 18.3. The van der Waals surface area contributed by atoms with E-state index in [9.17, 15) is 9.36 Å². The first-order chi connectivity index (χ1) is 12.1. The van der Waals surface area contributed by atoms with E-state index >= 15 is 0 Å². The zero-order valence-electron chi connectivity index (χ0n) is 16.1. The number of nitrogens with two attached hydrogens (primary N) is 1. The molecule has 0 spiro atoms. The SMILES string of the molecule is CCCCCCCCCCCCCCCC[P+](=O)OC(=O)[C@@H](N)CO. The van der Waals surface area contributed by atoms with E-state index in [2.05, 4.69) is 6.92 Å². The third-order valence-electron chi connectivity index (χ3n) is 4.39. The number of aliphatic hydroxyl groups excluding tert-OH is 1. The van der Waals surface area contributed by atoms with Gasteiger partial charge in [-0.3, -0.25) is 0 Å². The lowest BCUT2D eigenvalue weighted by molar-refractivity contribution is -0.136. The van der Waals surface area contributed by atoms with Gasteiger partial charge >= 0.3 is 14.0 Å². The van der Waals surface area contributed by atoms with E-state index in [0.717, 1.165) is 19.3 Å². The van der Waals surface area contributed by atoms with Gasteiger partial charge in [-0.25, -0.2) is 9.32 Å². The summed E-state index contributed by atoms with van der Waals surface area (Å²) in [6.45, 7) is 1.77. The molecule has 0 aromatic heterocycles. The molecule has 0 saturated carbocycles. The Hall–Kier alpha value is -0.510. The highest BCUT2D eigenvalue weighted by atomic mass is 31.1. The van der Waals surface area contributed by atoms with Gasteiger partial charge in [-0.05, 0) is 17.4 Å². The van der Waals surface area contributed by atoms with Crippen molar-refractivity contribution >= 4 is 14.0 Å². The molecular weight excluding hydrogens is 337 g/mol. The van der Waals surface area contributed by atoms with Crippen LogP contribution in [0.1, 0.15) is 96.8 Å². The molecule has 0 aliphatic rings. The number of aliphatic hydroxyl groups is 1. The van der Waals surface area contributed by atoms with Crippen LogP contribution < -0.4 is 5.73 Å². The van der Waals surface area contributed by atoms with Gasteiger partial charge in [0.2, 0.25) is 0 Å². The van der Waals surface area contributed by atoms with Gasteiger partial charge in [-0.2, -0.15) is 0 Å². The van der Waals surface area contributed by atoms with E-state index in [0.29, 0.717) is 6.16 Å². The second-order valence-corrected chi connectivity index (χ2v) is 8.15. The maximum Gasteiger partial charge on any atom is 0.559 e. The highest BCUT2D eigenvalue weighted by molar-refractivity contribution is 7.39.